The second kappa shape index (κ2) is 7.20. The molecule has 0 amide bonds. The van der Waals surface area contributed by atoms with Crippen molar-refractivity contribution in [3.63, 3.8) is 0 Å². The van der Waals surface area contributed by atoms with E-state index in [0.717, 1.165) is 10.4 Å². The van der Waals surface area contributed by atoms with E-state index in [0.29, 0.717) is 28.1 Å². The summed E-state index contributed by atoms with van der Waals surface area (Å²) in [5.74, 6) is 0.474. The average molecular weight is 375 g/mol. The van der Waals surface area contributed by atoms with E-state index in [1.165, 1.54) is 11.3 Å². The Bertz CT molecular complexity index is 950. The highest BCUT2D eigenvalue weighted by Crippen LogP contribution is 2.25. The van der Waals surface area contributed by atoms with E-state index >= 15 is 0 Å². The molecule has 0 saturated heterocycles. The summed E-state index contributed by atoms with van der Waals surface area (Å²) in [6.07, 6.45) is 0. The van der Waals surface area contributed by atoms with Crippen LogP contribution in [0, 0.1) is 6.92 Å². The van der Waals surface area contributed by atoms with Gasteiger partial charge in [-0.05, 0) is 44.2 Å². The molecule has 0 radical (unpaired) electrons. The van der Waals surface area contributed by atoms with Gasteiger partial charge in [-0.15, -0.1) is 21.5 Å². The number of anilines is 1. The normalized spacial score (nSPS) is 11.3. The minimum Gasteiger partial charge on any atom is -0.477 e. The van der Waals surface area contributed by atoms with E-state index in [1.807, 2.05) is 19.9 Å². The molecular formula is C17H17N3O3S2. The Balaban J connectivity index is 1.76. The van der Waals surface area contributed by atoms with Gasteiger partial charge in [-0.25, -0.2) is 8.42 Å². The summed E-state index contributed by atoms with van der Waals surface area (Å²) in [5, 5.41) is 8.10. The number of hydrogen-bond acceptors (Lipinski definition) is 6. The molecule has 3 aromatic rings. The number of benzene rings is 1. The second-order valence-corrected chi connectivity index (χ2v) is 8.43. The van der Waals surface area contributed by atoms with Gasteiger partial charge in [-0.1, -0.05) is 12.1 Å². The first-order valence-electron chi connectivity index (χ1n) is 7.64. The standard InChI is InChI=1S/C17H17N3O3S2/c1-3-23-16-10-9-15(18-19-16)13-5-7-14(8-6-13)20-25(21,22)17-11-4-12(2)24-17/h4-11,20H,3H2,1-2H3. The fourth-order valence-corrected chi connectivity index (χ4v) is 4.51. The summed E-state index contributed by atoms with van der Waals surface area (Å²) in [7, 11) is -3.56. The maximum absolute atomic E-state index is 12.3. The number of nitrogens with one attached hydrogen (secondary N) is 1. The van der Waals surface area contributed by atoms with Crippen LogP contribution in [0.25, 0.3) is 11.3 Å². The zero-order chi connectivity index (χ0) is 17.9. The van der Waals surface area contributed by atoms with Crippen molar-refractivity contribution in [2.45, 2.75) is 18.1 Å². The number of ether oxygens (including phenoxy) is 1. The number of rotatable bonds is 6. The molecule has 0 aliphatic carbocycles. The van der Waals surface area contributed by atoms with Crippen molar-refractivity contribution in [3.8, 4) is 17.1 Å². The number of thiophene rings is 1. The lowest BCUT2D eigenvalue weighted by Gasteiger charge is -2.07. The predicted molar refractivity (Wildman–Crippen MR) is 98.5 cm³/mol. The zero-order valence-electron chi connectivity index (χ0n) is 13.8. The molecule has 3 rings (SSSR count). The molecule has 130 valence electrons. The molecule has 0 aliphatic heterocycles. The van der Waals surface area contributed by atoms with Crippen LogP contribution in [0.15, 0.2) is 52.7 Å². The Labute approximate surface area is 150 Å². The van der Waals surface area contributed by atoms with E-state index in [1.54, 1.807) is 42.5 Å². The van der Waals surface area contributed by atoms with Crippen molar-refractivity contribution in [2.24, 2.45) is 0 Å². The van der Waals surface area contributed by atoms with Crippen molar-refractivity contribution in [3.05, 3.63) is 53.4 Å². The number of aryl methyl sites for hydroxylation is 1. The maximum Gasteiger partial charge on any atom is 0.271 e. The van der Waals surface area contributed by atoms with Gasteiger partial charge in [-0.2, -0.15) is 0 Å². The van der Waals surface area contributed by atoms with E-state index in [2.05, 4.69) is 14.9 Å². The first-order valence-corrected chi connectivity index (χ1v) is 9.94. The zero-order valence-corrected chi connectivity index (χ0v) is 15.4. The minimum absolute atomic E-state index is 0.298. The van der Waals surface area contributed by atoms with Gasteiger partial charge in [-0.3, -0.25) is 4.72 Å². The van der Waals surface area contributed by atoms with Crippen molar-refractivity contribution in [1.82, 2.24) is 10.2 Å². The Hall–Kier alpha value is -2.45. The van der Waals surface area contributed by atoms with Gasteiger partial charge in [0.15, 0.2) is 0 Å². The monoisotopic (exact) mass is 375 g/mol. The molecule has 25 heavy (non-hydrogen) atoms. The molecule has 0 bridgehead atoms. The van der Waals surface area contributed by atoms with Crippen LogP contribution < -0.4 is 9.46 Å². The average Bonchev–Trinajstić information content (AvgIpc) is 3.04. The highest BCUT2D eigenvalue weighted by molar-refractivity contribution is 7.94. The van der Waals surface area contributed by atoms with Gasteiger partial charge < -0.3 is 4.74 Å². The van der Waals surface area contributed by atoms with Crippen LogP contribution >= 0.6 is 11.3 Å². The quantitative estimate of drug-likeness (QED) is 0.710. The fourth-order valence-electron chi connectivity index (χ4n) is 2.17. The third kappa shape index (κ3) is 4.15. The summed E-state index contributed by atoms with van der Waals surface area (Å²) >= 11 is 1.24. The van der Waals surface area contributed by atoms with E-state index in [-0.39, 0.29) is 0 Å². The topological polar surface area (TPSA) is 81.2 Å². The van der Waals surface area contributed by atoms with Crippen LogP contribution in [0.5, 0.6) is 5.88 Å². The molecule has 2 aromatic heterocycles. The van der Waals surface area contributed by atoms with Gasteiger partial charge in [0, 0.05) is 22.2 Å². The van der Waals surface area contributed by atoms with E-state index in [4.69, 9.17) is 4.74 Å². The van der Waals surface area contributed by atoms with Gasteiger partial charge in [0.25, 0.3) is 10.0 Å². The molecule has 0 aliphatic rings. The first kappa shape index (κ1) is 17.4. The summed E-state index contributed by atoms with van der Waals surface area (Å²) in [6.45, 7) is 4.29. The van der Waals surface area contributed by atoms with Crippen molar-refractivity contribution < 1.29 is 13.2 Å². The van der Waals surface area contributed by atoms with Crippen molar-refractivity contribution in [1.29, 1.82) is 0 Å². The Morgan fingerprint density at radius 2 is 1.80 bits per heavy atom. The summed E-state index contributed by atoms with van der Waals surface area (Å²) in [6, 6.07) is 13.9. The van der Waals surface area contributed by atoms with Crippen molar-refractivity contribution >= 4 is 27.0 Å². The summed E-state index contributed by atoms with van der Waals surface area (Å²) in [4.78, 5) is 0.949. The Morgan fingerprint density at radius 1 is 1.04 bits per heavy atom. The second-order valence-electron chi connectivity index (χ2n) is 5.24. The minimum atomic E-state index is -3.56. The van der Waals surface area contributed by atoms with E-state index in [9.17, 15) is 8.42 Å². The number of nitrogens with zero attached hydrogens (tertiary/aromatic N) is 2. The highest BCUT2D eigenvalue weighted by Gasteiger charge is 2.16. The van der Waals surface area contributed by atoms with Crippen LogP contribution in [0.4, 0.5) is 5.69 Å². The van der Waals surface area contributed by atoms with Crippen LogP contribution in [-0.4, -0.2) is 25.2 Å². The van der Waals surface area contributed by atoms with E-state index < -0.39 is 10.0 Å². The Morgan fingerprint density at radius 3 is 2.36 bits per heavy atom. The van der Waals surface area contributed by atoms with Crippen LogP contribution in [0.2, 0.25) is 0 Å². The molecule has 1 N–H and O–H groups in total. The summed E-state index contributed by atoms with van der Waals surface area (Å²) < 4.78 is 32.8. The molecular weight excluding hydrogens is 358 g/mol. The third-order valence-corrected chi connectivity index (χ3v) is 6.22. The van der Waals surface area contributed by atoms with Crippen molar-refractivity contribution in [2.75, 3.05) is 11.3 Å². The molecule has 0 spiro atoms. The SMILES string of the molecule is CCOc1ccc(-c2ccc(NS(=O)(=O)c3ccc(C)s3)cc2)nn1. The lowest BCUT2D eigenvalue weighted by molar-refractivity contribution is 0.323. The number of aromatic nitrogens is 2. The van der Waals surface area contributed by atoms with Crippen LogP contribution in [-0.2, 0) is 10.0 Å². The largest absolute Gasteiger partial charge is 0.477 e. The number of hydrogen-bond donors (Lipinski definition) is 1. The van der Waals surface area contributed by atoms with Crippen LogP contribution in [0.1, 0.15) is 11.8 Å². The van der Waals surface area contributed by atoms with Gasteiger partial charge in [0.1, 0.15) is 4.21 Å². The fraction of sp³-hybridized carbons (Fsp3) is 0.176. The van der Waals surface area contributed by atoms with Crippen LogP contribution in [0.3, 0.4) is 0 Å². The van der Waals surface area contributed by atoms with Gasteiger partial charge >= 0.3 is 0 Å². The molecule has 8 heteroatoms. The first-order chi connectivity index (χ1) is 12.0. The molecule has 2 heterocycles. The lowest BCUT2D eigenvalue weighted by atomic mass is 10.1. The van der Waals surface area contributed by atoms with Gasteiger partial charge in [0.2, 0.25) is 5.88 Å². The molecule has 0 atom stereocenters. The Kier molecular flexibility index (Phi) is 5.00. The molecule has 6 nitrogen and oxygen atoms in total. The lowest BCUT2D eigenvalue weighted by Crippen LogP contribution is -2.11. The number of sulfonamides is 1. The predicted octanol–water partition coefficient (Wildman–Crippen LogP) is 3.71. The van der Waals surface area contributed by atoms with Gasteiger partial charge in [0.05, 0.1) is 12.3 Å². The summed E-state index contributed by atoms with van der Waals surface area (Å²) in [5.41, 5.74) is 2.02. The molecule has 0 unspecified atom stereocenters. The molecule has 1 aromatic carbocycles. The molecule has 0 saturated carbocycles. The smallest absolute Gasteiger partial charge is 0.271 e. The third-order valence-electron chi connectivity index (χ3n) is 3.35. The highest BCUT2D eigenvalue weighted by atomic mass is 32.2. The maximum atomic E-state index is 12.3. The molecule has 0 fully saturated rings.